The van der Waals surface area contributed by atoms with Gasteiger partial charge in [0, 0.05) is 17.2 Å². The summed E-state index contributed by atoms with van der Waals surface area (Å²) in [6, 6.07) is 0. The highest BCUT2D eigenvalue weighted by Gasteiger charge is 2.09. The molecule has 0 rings (SSSR count). The molecule has 0 unspecified atom stereocenters. The lowest BCUT2D eigenvalue weighted by atomic mass is 10.1. The third kappa shape index (κ3) is 15.5. The molecule has 0 atom stereocenters. The van der Waals surface area contributed by atoms with Gasteiger partial charge in [0.1, 0.15) is 6.61 Å². The van der Waals surface area contributed by atoms with Gasteiger partial charge >= 0.3 is 23.9 Å². The molecule has 0 spiro atoms. The standard InChI is InChI=1S/C12H18O4.C8H10O5/c1-4-5-6-10(11(13)14)8-7-9(2)12(15)16-3;1-6(2-3-7(10)11)8(12)13-5-4-9/h8H,2,4-7H2,1,3H3,(H,13,14);2-3,9H,1,4-5H2,(H,10,11). The first-order valence-corrected chi connectivity index (χ1v) is 8.66. The Balaban J connectivity index is 0. The number of unbranched alkanes of at least 4 members (excludes halogenated alkanes) is 1. The molecule has 0 aliphatic rings. The van der Waals surface area contributed by atoms with Crippen LogP contribution < -0.4 is 0 Å². The fourth-order valence-corrected chi connectivity index (χ4v) is 1.61. The quantitative estimate of drug-likeness (QED) is 0.249. The maximum absolute atomic E-state index is 11.0. The van der Waals surface area contributed by atoms with Crippen LogP contribution in [0.5, 0.6) is 0 Å². The topological polar surface area (TPSA) is 147 Å². The van der Waals surface area contributed by atoms with Crippen molar-refractivity contribution in [1.29, 1.82) is 0 Å². The predicted octanol–water partition coefficient (Wildman–Crippen LogP) is 2.03. The molecule has 0 heterocycles. The van der Waals surface area contributed by atoms with Crippen molar-refractivity contribution in [3.05, 3.63) is 48.1 Å². The van der Waals surface area contributed by atoms with Crippen LogP contribution in [-0.2, 0) is 28.7 Å². The number of carbonyl (C=O) groups is 4. The molecule has 29 heavy (non-hydrogen) atoms. The van der Waals surface area contributed by atoms with Crippen LogP contribution >= 0.6 is 0 Å². The van der Waals surface area contributed by atoms with Crippen LogP contribution in [0.2, 0.25) is 0 Å². The number of esters is 2. The zero-order chi connectivity index (χ0) is 22.8. The molecular formula is C20H28O9. The summed E-state index contributed by atoms with van der Waals surface area (Å²) >= 11 is 0. The van der Waals surface area contributed by atoms with Gasteiger partial charge in [-0.2, -0.15) is 0 Å². The first-order valence-electron chi connectivity index (χ1n) is 8.66. The first kappa shape index (κ1) is 28.0. The first-order chi connectivity index (χ1) is 13.6. The third-order valence-corrected chi connectivity index (χ3v) is 3.16. The van der Waals surface area contributed by atoms with Crippen molar-refractivity contribution in [1.82, 2.24) is 0 Å². The van der Waals surface area contributed by atoms with Crippen LogP contribution in [0, 0.1) is 0 Å². The number of ether oxygens (including phenoxy) is 2. The van der Waals surface area contributed by atoms with E-state index in [9.17, 15) is 19.2 Å². The molecule has 0 aromatic rings. The number of carbonyl (C=O) groups excluding carboxylic acids is 2. The van der Waals surface area contributed by atoms with E-state index in [0.29, 0.717) is 12.0 Å². The van der Waals surface area contributed by atoms with Gasteiger partial charge in [-0.1, -0.05) is 32.6 Å². The molecule has 0 aromatic heterocycles. The monoisotopic (exact) mass is 412 g/mol. The van der Waals surface area contributed by atoms with Crippen molar-refractivity contribution in [2.24, 2.45) is 0 Å². The zero-order valence-electron chi connectivity index (χ0n) is 16.7. The number of hydrogen-bond acceptors (Lipinski definition) is 7. The lowest BCUT2D eigenvalue weighted by Crippen LogP contribution is -2.09. The highest BCUT2D eigenvalue weighted by Crippen LogP contribution is 2.11. The van der Waals surface area contributed by atoms with E-state index >= 15 is 0 Å². The van der Waals surface area contributed by atoms with Crippen molar-refractivity contribution in [2.75, 3.05) is 20.3 Å². The van der Waals surface area contributed by atoms with Gasteiger partial charge in [-0.05, 0) is 25.3 Å². The summed E-state index contributed by atoms with van der Waals surface area (Å²) in [6.45, 7) is 8.39. The van der Waals surface area contributed by atoms with E-state index in [1.165, 1.54) is 13.2 Å². The van der Waals surface area contributed by atoms with E-state index in [1.54, 1.807) is 0 Å². The molecule has 0 bridgehead atoms. The van der Waals surface area contributed by atoms with E-state index < -0.39 is 23.9 Å². The number of methoxy groups -OCH3 is 1. The fraction of sp³-hybridized carbons (Fsp3) is 0.400. The number of carboxylic acids is 2. The van der Waals surface area contributed by atoms with Crippen molar-refractivity contribution < 1.29 is 44.0 Å². The Morgan fingerprint density at radius 1 is 1.03 bits per heavy atom. The van der Waals surface area contributed by atoms with Crippen LogP contribution in [-0.4, -0.2) is 59.5 Å². The Bertz CT molecular complexity index is 657. The van der Waals surface area contributed by atoms with Gasteiger partial charge in [-0.15, -0.1) is 0 Å². The van der Waals surface area contributed by atoms with Crippen LogP contribution in [0.1, 0.15) is 32.6 Å². The number of rotatable bonds is 12. The van der Waals surface area contributed by atoms with E-state index in [2.05, 4.69) is 22.6 Å². The largest absolute Gasteiger partial charge is 0.478 e. The zero-order valence-corrected chi connectivity index (χ0v) is 16.7. The molecule has 0 saturated carbocycles. The van der Waals surface area contributed by atoms with Gasteiger partial charge in [-0.3, -0.25) is 0 Å². The Labute approximate surface area is 169 Å². The van der Waals surface area contributed by atoms with Crippen LogP contribution in [0.4, 0.5) is 0 Å². The normalized spacial score (nSPS) is 10.5. The second-order valence-corrected chi connectivity index (χ2v) is 5.49. The highest BCUT2D eigenvalue weighted by molar-refractivity contribution is 5.93. The Kier molecular flexibility index (Phi) is 16.4. The van der Waals surface area contributed by atoms with Crippen molar-refractivity contribution in [2.45, 2.75) is 32.6 Å². The number of carboxylic acid groups (broad SMARTS) is 2. The molecule has 0 aliphatic heterocycles. The number of allylic oxidation sites excluding steroid dienone is 1. The Morgan fingerprint density at radius 3 is 2.10 bits per heavy atom. The summed E-state index contributed by atoms with van der Waals surface area (Å²) in [5, 5.41) is 25.4. The summed E-state index contributed by atoms with van der Waals surface area (Å²) in [5.41, 5.74) is 0.514. The summed E-state index contributed by atoms with van der Waals surface area (Å²) in [4.78, 5) is 42.7. The number of aliphatic hydroxyl groups is 1. The lowest BCUT2D eigenvalue weighted by Gasteiger charge is -2.03. The van der Waals surface area contributed by atoms with E-state index in [-0.39, 0.29) is 30.8 Å². The van der Waals surface area contributed by atoms with E-state index in [1.807, 2.05) is 6.92 Å². The molecule has 0 aromatic carbocycles. The third-order valence-electron chi connectivity index (χ3n) is 3.16. The van der Waals surface area contributed by atoms with Crippen molar-refractivity contribution >= 4 is 23.9 Å². The molecule has 0 radical (unpaired) electrons. The average Bonchev–Trinajstić information content (AvgIpc) is 2.69. The van der Waals surface area contributed by atoms with E-state index in [4.69, 9.17) is 15.3 Å². The Morgan fingerprint density at radius 2 is 1.66 bits per heavy atom. The minimum atomic E-state index is -1.17. The van der Waals surface area contributed by atoms with Gasteiger partial charge in [0.25, 0.3) is 0 Å². The predicted molar refractivity (Wildman–Crippen MR) is 105 cm³/mol. The van der Waals surface area contributed by atoms with E-state index in [0.717, 1.165) is 25.0 Å². The lowest BCUT2D eigenvalue weighted by molar-refractivity contribution is -0.139. The molecule has 3 N–H and O–H groups in total. The minimum absolute atomic E-state index is 0.0733. The Hall–Kier alpha value is -3.20. The summed E-state index contributed by atoms with van der Waals surface area (Å²) in [6.07, 6.45) is 5.82. The van der Waals surface area contributed by atoms with Gasteiger partial charge in [-0.25, -0.2) is 19.2 Å². The number of hydrogen-bond donors (Lipinski definition) is 3. The van der Waals surface area contributed by atoms with Gasteiger partial charge < -0.3 is 24.8 Å². The summed E-state index contributed by atoms with van der Waals surface area (Å²) in [7, 11) is 1.27. The average molecular weight is 412 g/mol. The highest BCUT2D eigenvalue weighted by atomic mass is 16.5. The molecule has 162 valence electrons. The summed E-state index contributed by atoms with van der Waals surface area (Å²) < 4.78 is 8.92. The SMILES string of the molecule is C=C(C=CC(=O)O)C(=O)OCCO.C=C(CC=C(CCCC)C(=O)O)C(=O)OC. The smallest absolute Gasteiger partial charge is 0.337 e. The summed E-state index contributed by atoms with van der Waals surface area (Å²) in [5.74, 6) is -3.36. The molecule has 9 heteroatoms. The van der Waals surface area contributed by atoms with Crippen LogP contribution in [0.3, 0.4) is 0 Å². The molecule has 0 saturated heterocycles. The van der Waals surface area contributed by atoms with Crippen molar-refractivity contribution in [3.63, 3.8) is 0 Å². The maximum Gasteiger partial charge on any atom is 0.337 e. The second-order valence-electron chi connectivity index (χ2n) is 5.49. The molecule has 0 amide bonds. The molecule has 0 fully saturated rings. The maximum atomic E-state index is 11.0. The van der Waals surface area contributed by atoms with Gasteiger partial charge in [0.15, 0.2) is 0 Å². The number of aliphatic carboxylic acids is 2. The molecule has 9 nitrogen and oxygen atoms in total. The molecular weight excluding hydrogens is 384 g/mol. The van der Waals surface area contributed by atoms with Gasteiger partial charge in [0.2, 0.25) is 0 Å². The van der Waals surface area contributed by atoms with Crippen molar-refractivity contribution in [3.8, 4) is 0 Å². The molecule has 0 aliphatic carbocycles. The van der Waals surface area contributed by atoms with Crippen LogP contribution in [0.25, 0.3) is 0 Å². The van der Waals surface area contributed by atoms with Crippen LogP contribution in [0.15, 0.2) is 48.1 Å². The fourth-order valence-electron chi connectivity index (χ4n) is 1.61. The number of aliphatic hydroxyl groups excluding tert-OH is 1. The second kappa shape index (κ2) is 16.9. The van der Waals surface area contributed by atoms with Gasteiger partial charge in [0.05, 0.1) is 19.3 Å². The minimum Gasteiger partial charge on any atom is -0.478 e.